The summed E-state index contributed by atoms with van der Waals surface area (Å²) in [5.74, 6) is -0.965. The number of amides is 1. The number of carbonyl (C=O) groups is 1. The van der Waals surface area contributed by atoms with Crippen molar-refractivity contribution in [3.63, 3.8) is 0 Å². The maximum absolute atomic E-state index is 12.3. The number of benzene rings is 1. The van der Waals surface area contributed by atoms with Crippen molar-refractivity contribution in [1.29, 1.82) is 0 Å². The number of alkyl halides is 4. The van der Waals surface area contributed by atoms with E-state index in [9.17, 15) is 9.18 Å². The molecule has 0 saturated carbocycles. The van der Waals surface area contributed by atoms with Gasteiger partial charge in [-0.3, -0.25) is 4.79 Å². The van der Waals surface area contributed by atoms with E-state index in [1.807, 2.05) is 0 Å². The summed E-state index contributed by atoms with van der Waals surface area (Å²) in [5, 5.41) is 8.18. The molecule has 1 aromatic carbocycles. The molecule has 1 unspecified atom stereocenters. The third-order valence-electron chi connectivity index (χ3n) is 2.21. The number of nitrogens with one attached hydrogen (secondary N) is 3. The molecule has 0 aromatic heterocycles. The molecular weight excluding hydrogens is 418 g/mol. The van der Waals surface area contributed by atoms with Crippen molar-refractivity contribution >= 4 is 86.9 Å². The third kappa shape index (κ3) is 6.48. The standard InChI is InChI=1S/C11H9Cl5FN3OS/c12-5-1-2-6(13)7(3-5)18-10(22)20-9(11(14,15)16)19-8(21)4-17/h1-3,9H,4H2,(H,19,21)(H2,18,20,22). The van der Waals surface area contributed by atoms with Gasteiger partial charge in [0.05, 0.1) is 10.7 Å². The van der Waals surface area contributed by atoms with Crippen LogP contribution in [0.2, 0.25) is 10.0 Å². The number of hydrogen-bond donors (Lipinski definition) is 3. The first-order chi connectivity index (χ1) is 10.1. The van der Waals surface area contributed by atoms with Crippen LogP contribution in [0.1, 0.15) is 0 Å². The van der Waals surface area contributed by atoms with E-state index in [-0.39, 0.29) is 5.11 Å². The van der Waals surface area contributed by atoms with Gasteiger partial charge in [0.1, 0.15) is 6.17 Å². The Kier molecular flexibility index (Phi) is 7.71. The molecule has 0 bridgehead atoms. The van der Waals surface area contributed by atoms with Crippen molar-refractivity contribution in [3.05, 3.63) is 28.2 Å². The van der Waals surface area contributed by atoms with Gasteiger partial charge < -0.3 is 16.0 Å². The zero-order valence-electron chi connectivity index (χ0n) is 10.6. The van der Waals surface area contributed by atoms with Crippen molar-refractivity contribution in [3.8, 4) is 0 Å². The molecule has 0 aliphatic rings. The highest BCUT2D eigenvalue weighted by molar-refractivity contribution is 7.80. The monoisotopic (exact) mass is 425 g/mol. The Labute approximate surface area is 156 Å². The Morgan fingerprint density at radius 3 is 2.45 bits per heavy atom. The molecule has 0 fully saturated rings. The molecule has 0 radical (unpaired) electrons. The molecule has 1 amide bonds. The summed E-state index contributed by atoms with van der Waals surface area (Å²) in [6.45, 7) is -1.26. The van der Waals surface area contributed by atoms with E-state index < -0.39 is 22.5 Å². The fraction of sp³-hybridized carbons (Fsp3) is 0.273. The lowest BCUT2D eigenvalue weighted by Gasteiger charge is -2.27. The summed E-state index contributed by atoms with van der Waals surface area (Å²) < 4.78 is 10.3. The zero-order chi connectivity index (χ0) is 16.9. The van der Waals surface area contributed by atoms with Gasteiger partial charge in [-0.1, -0.05) is 58.0 Å². The summed E-state index contributed by atoms with van der Waals surface area (Å²) in [6, 6.07) is 4.69. The molecule has 0 saturated heterocycles. The van der Waals surface area contributed by atoms with Crippen LogP contribution in [0.4, 0.5) is 10.1 Å². The van der Waals surface area contributed by atoms with E-state index in [0.717, 1.165) is 0 Å². The summed E-state index contributed by atoms with van der Waals surface area (Å²) >= 11 is 33.9. The third-order valence-corrected chi connectivity index (χ3v) is 3.65. The second-order valence-corrected chi connectivity index (χ2v) is 7.52. The van der Waals surface area contributed by atoms with E-state index in [1.165, 1.54) is 6.07 Å². The number of rotatable bonds is 4. The van der Waals surface area contributed by atoms with Gasteiger partial charge in [-0.15, -0.1) is 0 Å². The van der Waals surface area contributed by atoms with E-state index in [2.05, 4.69) is 16.0 Å². The molecule has 1 aromatic rings. The lowest BCUT2D eigenvalue weighted by molar-refractivity contribution is -0.122. The average molecular weight is 428 g/mol. The van der Waals surface area contributed by atoms with Crippen LogP contribution >= 0.6 is 70.2 Å². The first-order valence-corrected chi connectivity index (χ1v) is 7.88. The number of carbonyl (C=O) groups excluding carboxylic acids is 1. The number of anilines is 1. The summed E-state index contributed by atoms with van der Waals surface area (Å²) in [4.78, 5) is 11.1. The molecule has 11 heteroatoms. The molecule has 0 heterocycles. The highest BCUT2D eigenvalue weighted by Gasteiger charge is 2.34. The maximum Gasteiger partial charge on any atom is 0.253 e. The minimum atomic E-state index is -1.96. The van der Waals surface area contributed by atoms with E-state index in [0.29, 0.717) is 15.7 Å². The lowest BCUT2D eigenvalue weighted by atomic mass is 10.3. The molecule has 1 rings (SSSR count). The summed E-state index contributed by atoms with van der Waals surface area (Å²) in [7, 11) is 0. The number of thiocarbonyl (C=S) groups is 1. The normalized spacial score (nSPS) is 12.5. The Morgan fingerprint density at radius 1 is 1.27 bits per heavy atom. The average Bonchev–Trinajstić information content (AvgIpc) is 2.41. The van der Waals surface area contributed by atoms with Crippen molar-refractivity contribution in [1.82, 2.24) is 10.6 Å². The van der Waals surface area contributed by atoms with Crippen LogP contribution in [0, 0.1) is 0 Å². The van der Waals surface area contributed by atoms with E-state index in [4.69, 9.17) is 70.2 Å². The Morgan fingerprint density at radius 2 is 1.91 bits per heavy atom. The fourth-order valence-electron chi connectivity index (χ4n) is 1.28. The Balaban J connectivity index is 2.79. The smallest absolute Gasteiger partial charge is 0.253 e. The first kappa shape index (κ1) is 19.8. The van der Waals surface area contributed by atoms with Crippen molar-refractivity contribution in [2.45, 2.75) is 9.96 Å². The molecule has 122 valence electrons. The second kappa shape index (κ2) is 8.57. The van der Waals surface area contributed by atoms with Gasteiger partial charge in [0.2, 0.25) is 3.79 Å². The van der Waals surface area contributed by atoms with Gasteiger partial charge in [0.25, 0.3) is 5.91 Å². The molecule has 22 heavy (non-hydrogen) atoms. The lowest BCUT2D eigenvalue weighted by Crippen LogP contribution is -2.56. The minimum absolute atomic E-state index is 0.0142. The predicted molar refractivity (Wildman–Crippen MR) is 94.0 cm³/mol. The molecule has 0 aliphatic carbocycles. The quantitative estimate of drug-likeness (QED) is 0.385. The van der Waals surface area contributed by atoms with Gasteiger partial charge in [-0.2, -0.15) is 0 Å². The summed E-state index contributed by atoms with van der Waals surface area (Å²) in [5.41, 5.74) is 0.409. The SMILES string of the molecule is O=C(CF)NC(NC(=S)Nc1cc(Cl)ccc1Cl)C(Cl)(Cl)Cl. The van der Waals surface area contributed by atoms with Crippen LogP contribution in [0.3, 0.4) is 0 Å². The number of hydrogen-bond acceptors (Lipinski definition) is 2. The maximum atomic E-state index is 12.3. The van der Waals surface area contributed by atoms with Crippen LogP contribution < -0.4 is 16.0 Å². The highest BCUT2D eigenvalue weighted by atomic mass is 35.6. The highest BCUT2D eigenvalue weighted by Crippen LogP contribution is 2.29. The number of halogens is 6. The first-order valence-electron chi connectivity index (χ1n) is 5.58. The van der Waals surface area contributed by atoms with Gasteiger partial charge in [-0.05, 0) is 30.4 Å². The van der Waals surface area contributed by atoms with Crippen molar-refractivity contribution in [2.75, 3.05) is 12.0 Å². The topological polar surface area (TPSA) is 53.2 Å². The molecule has 0 aliphatic heterocycles. The Hall–Kier alpha value is -0.240. The van der Waals surface area contributed by atoms with Gasteiger partial charge >= 0.3 is 0 Å². The Bertz CT molecular complexity index is 569. The van der Waals surface area contributed by atoms with Crippen LogP contribution in [0.5, 0.6) is 0 Å². The van der Waals surface area contributed by atoms with Crippen LogP contribution in [0.25, 0.3) is 0 Å². The van der Waals surface area contributed by atoms with Crippen molar-refractivity contribution in [2.24, 2.45) is 0 Å². The van der Waals surface area contributed by atoms with E-state index in [1.54, 1.807) is 12.1 Å². The minimum Gasteiger partial charge on any atom is -0.339 e. The molecule has 0 spiro atoms. The van der Waals surface area contributed by atoms with Gasteiger partial charge in [0.15, 0.2) is 11.8 Å². The fourth-order valence-corrected chi connectivity index (χ4v) is 2.17. The van der Waals surface area contributed by atoms with Crippen molar-refractivity contribution < 1.29 is 9.18 Å². The van der Waals surface area contributed by atoms with Crippen LogP contribution in [0.15, 0.2) is 18.2 Å². The molecule has 1 atom stereocenters. The molecule has 3 N–H and O–H groups in total. The second-order valence-electron chi connectivity index (χ2n) is 3.90. The molecule has 4 nitrogen and oxygen atoms in total. The zero-order valence-corrected chi connectivity index (χ0v) is 15.2. The van der Waals surface area contributed by atoms with Crippen LogP contribution in [-0.4, -0.2) is 27.7 Å². The van der Waals surface area contributed by atoms with Crippen LogP contribution in [-0.2, 0) is 4.79 Å². The summed E-state index contributed by atoms with van der Waals surface area (Å²) in [6.07, 6.45) is -1.25. The van der Waals surface area contributed by atoms with Gasteiger partial charge in [-0.25, -0.2) is 4.39 Å². The largest absolute Gasteiger partial charge is 0.339 e. The molecular formula is C11H9Cl5FN3OS. The predicted octanol–water partition coefficient (Wildman–Crippen LogP) is 4.06. The van der Waals surface area contributed by atoms with Gasteiger partial charge in [0, 0.05) is 5.02 Å². The van der Waals surface area contributed by atoms with E-state index >= 15 is 0 Å².